The fourth-order valence-electron chi connectivity index (χ4n) is 3.40. The van der Waals surface area contributed by atoms with Crippen LogP contribution in [0.5, 0.6) is 5.75 Å². The molecular formula is C22H20Cl3NO5. The number of halogens is 3. The van der Waals surface area contributed by atoms with Crippen LogP contribution in [0.2, 0.25) is 15.1 Å². The molecule has 1 fully saturated rings. The lowest BCUT2D eigenvalue weighted by atomic mass is 9.95. The second-order valence-corrected chi connectivity index (χ2v) is 7.96. The summed E-state index contributed by atoms with van der Waals surface area (Å²) in [4.78, 5) is 27.1. The third kappa shape index (κ3) is 4.67. The van der Waals surface area contributed by atoms with Crippen molar-refractivity contribution in [1.29, 1.82) is 0 Å². The number of carbonyl (C=O) groups is 2. The lowest BCUT2D eigenvalue weighted by Gasteiger charge is -2.25. The van der Waals surface area contributed by atoms with Gasteiger partial charge < -0.3 is 19.5 Å². The number of methoxy groups -OCH3 is 1. The van der Waals surface area contributed by atoms with E-state index in [4.69, 9.17) is 44.3 Å². The third-order valence-corrected chi connectivity index (χ3v) is 5.89. The van der Waals surface area contributed by atoms with E-state index in [2.05, 4.69) is 0 Å². The van der Waals surface area contributed by atoms with Crippen molar-refractivity contribution in [2.75, 3.05) is 26.9 Å². The van der Waals surface area contributed by atoms with E-state index in [1.165, 1.54) is 18.1 Å². The van der Waals surface area contributed by atoms with Crippen molar-refractivity contribution in [2.24, 2.45) is 0 Å². The number of Topliss-reactive ketones (excluding diaryl/α,β-unsaturated/α-hetero) is 1. The lowest BCUT2D eigenvalue weighted by molar-refractivity contribution is -0.140. The number of amides is 1. The van der Waals surface area contributed by atoms with E-state index in [-0.39, 0.29) is 29.5 Å². The van der Waals surface area contributed by atoms with Crippen LogP contribution < -0.4 is 4.74 Å². The summed E-state index contributed by atoms with van der Waals surface area (Å²) in [5.41, 5.74) is 0.761. The van der Waals surface area contributed by atoms with Gasteiger partial charge >= 0.3 is 0 Å². The summed E-state index contributed by atoms with van der Waals surface area (Å²) in [6.07, 6.45) is 0. The molecule has 3 rings (SSSR count). The van der Waals surface area contributed by atoms with Crippen molar-refractivity contribution < 1.29 is 24.2 Å². The first kappa shape index (κ1) is 23.4. The van der Waals surface area contributed by atoms with Crippen LogP contribution in [0.15, 0.2) is 42.0 Å². The Morgan fingerprint density at radius 3 is 2.42 bits per heavy atom. The molecular weight excluding hydrogens is 465 g/mol. The van der Waals surface area contributed by atoms with Crippen molar-refractivity contribution in [3.8, 4) is 5.75 Å². The molecule has 1 atom stereocenters. The van der Waals surface area contributed by atoms with Gasteiger partial charge in [0.1, 0.15) is 11.5 Å². The summed E-state index contributed by atoms with van der Waals surface area (Å²) in [6.45, 7) is 2.52. The number of aliphatic hydroxyl groups excluding tert-OH is 1. The molecule has 2 aromatic rings. The van der Waals surface area contributed by atoms with Crippen LogP contribution in [0.1, 0.15) is 24.1 Å². The molecule has 1 aliphatic heterocycles. The van der Waals surface area contributed by atoms with Gasteiger partial charge in [0.25, 0.3) is 11.7 Å². The molecule has 31 heavy (non-hydrogen) atoms. The van der Waals surface area contributed by atoms with Crippen LogP contribution in [0.25, 0.3) is 5.76 Å². The summed E-state index contributed by atoms with van der Waals surface area (Å²) in [6, 6.07) is 8.56. The Morgan fingerprint density at radius 2 is 1.77 bits per heavy atom. The van der Waals surface area contributed by atoms with E-state index in [0.29, 0.717) is 33.5 Å². The largest absolute Gasteiger partial charge is 0.507 e. The van der Waals surface area contributed by atoms with E-state index in [1.54, 1.807) is 37.3 Å². The molecule has 9 heteroatoms. The smallest absolute Gasteiger partial charge is 0.295 e. The van der Waals surface area contributed by atoms with Gasteiger partial charge in [0.15, 0.2) is 0 Å². The van der Waals surface area contributed by atoms with Crippen LogP contribution in [0.4, 0.5) is 0 Å². The van der Waals surface area contributed by atoms with Gasteiger partial charge in [0.2, 0.25) is 0 Å². The van der Waals surface area contributed by atoms with Crippen LogP contribution in [0, 0.1) is 0 Å². The summed E-state index contributed by atoms with van der Waals surface area (Å²) in [5.74, 6) is -1.54. The predicted molar refractivity (Wildman–Crippen MR) is 120 cm³/mol. The number of benzene rings is 2. The number of hydrogen-bond acceptors (Lipinski definition) is 5. The highest BCUT2D eigenvalue weighted by molar-refractivity contribution is 6.47. The maximum absolute atomic E-state index is 12.9. The molecule has 1 saturated heterocycles. The molecule has 0 aromatic heterocycles. The van der Waals surface area contributed by atoms with Gasteiger partial charge in [-0.3, -0.25) is 9.59 Å². The zero-order valence-electron chi connectivity index (χ0n) is 16.8. The fraction of sp³-hybridized carbons (Fsp3) is 0.273. The number of carbonyl (C=O) groups excluding carboxylic acids is 2. The standard InChI is InChI=1S/C22H20Cl3NO5/c1-3-31-17-11-13(5-7-15(17)24)20(27)18-19(12-4-6-14(23)16(25)10-12)26(8-9-30-2)22(29)21(18)28/h4-7,10-11,19,27H,3,8-9H2,1-2H3/b20-18-. The number of rotatable bonds is 7. The van der Waals surface area contributed by atoms with Gasteiger partial charge in [-0.25, -0.2) is 0 Å². The van der Waals surface area contributed by atoms with Crippen LogP contribution in [0.3, 0.4) is 0 Å². The SMILES string of the molecule is CCOc1cc(/C(O)=C2/C(=O)C(=O)N(CCOC)C2c2ccc(Cl)c(Cl)c2)ccc1Cl. The minimum atomic E-state index is -0.865. The second-order valence-electron chi connectivity index (χ2n) is 6.74. The molecule has 2 aromatic carbocycles. The van der Waals surface area contributed by atoms with Crippen molar-refractivity contribution >= 4 is 52.3 Å². The van der Waals surface area contributed by atoms with Crippen molar-refractivity contribution in [3.05, 3.63) is 68.2 Å². The molecule has 164 valence electrons. The van der Waals surface area contributed by atoms with Crippen molar-refractivity contribution in [3.63, 3.8) is 0 Å². The van der Waals surface area contributed by atoms with E-state index in [1.807, 2.05) is 0 Å². The Hall–Kier alpha value is -2.25. The zero-order chi connectivity index (χ0) is 22.7. The molecule has 0 aliphatic carbocycles. The van der Waals surface area contributed by atoms with E-state index >= 15 is 0 Å². The summed E-state index contributed by atoms with van der Waals surface area (Å²) >= 11 is 18.3. The highest BCUT2D eigenvalue weighted by Crippen LogP contribution is 2.41. The summed E-state index contributed by atoms with van der Waals surface area (Å²) in [7, 11) is 1.49. The van der Waals surface area contributed by atoms with E-state index in [0.717, 1.165) is 0 Å². The van der Waals surface area contributed by atoms with Gasteiger partial charge in [-0.15, -0.1) is 0 Å². The summed E-state index contributed by atoms with van der Waals surface area (Å²) < 4.78 is 10.6. The van der Waals surface area contributed by atoms with Crippen molar-refractivity contribution in [1.82, 2.24) is 4.90 Å². The van der Waals surface area contributed by atoms with Gasteiger partial charge in [0, 0.05) is 19.2 Å². The molecule has 1 amide bonds. The predicted octanol–water partition coefficient (Wildman–Crippen LogP) is 5.11. The molecule has 0 radical (unpaired) electrons. The molecule has 1 heterocycles. The van der Waals surface area contributed by atoms with Crippen LogP contribution in [-0.2, 0) is 14.3 Å². The minimum absolute atomic E-state index is 0.0655. The molecule has 0 bridgehead atoms. The van der Waals surface area contributed by atoms with E-state index in [9.17, 15) is 14.7 Å². The first-order chi connectivity index (χ1) is 14.8. The Balaban J connectivity index is 2.18. The minimum Gasteiger partial charge on any atom is -0.507 e. The maximum Gasteiger partial charge on any atom is 0.295 e. The number of nitrogens with zero attached hydrogens (tertiary/aromatic N) is 1. The van der Waals surface area contributed by atoms with Gasteiger partial charge in [-0.2, -0.15) is 0 Å². The van der Waals surface area contributed by atoms with Crippen LogP contribution in [-0.4, -0.2) is 48.6 Å². The monoisotopic (exact) mass is 483 g/mol. The quantitative estimate of drug-likeness (QED) is 0.336. The molecule has 0 spiro atoms. The number of aliphatic hydroxyl groups is 1. The van der Waals surface area contributed by atoms with E-state index < -0.39 is 17.7 Å². The molecule has 1 N–H and O–H groups in total. The number of ketones is 1. The average molecular weight is 485 g/mol. The molecule has 0 saturated carbocycles. The number of ether oxygens (including phenoxy) is 2. The van der Waals surface area contributed by atoms with Gasteiger partial charge in [0.05, 0.1) is 39.9 Å². The first-order valence-electron chi connectivity index (χ1n) is 9.45. The fourth-order valence-corrected chi connectivity index (χ4v) is 3.88. The molecule has 1 unspecified atom stereocenters. The van der Waals surface area contributed by atoms with Gasteiger partial charge in [-0.05, 0) is 42.8 Å². The number of hydrogen-bond donors (Lipinski definition) is 1. The Morgan fingerprint density at radius 1 is 1.06 bits per heavy atom. The van der Waals surface area contributed by atoms with Crippen molar-refractivity contribution in [2.45, 2.75) is 13.0 Å². The Bertz CT molecular complexity index is 1050. The molecule has 6 nitrogen and oxygen atoms in total. The topological polar surface area (TPSA) is 76.1 Å². The van der Waals surface area contributed by atoms with Gasteiger partial charge in [-0.1, -0.05) is 40.9 Å². The summed E-state index contributed by atoms with van der Waals surface area (Å²) in [5, 5.41) is 12.0. The molecule has 1 aliphatic rings. The third-order valence-electron chi connectivity index (χ3n) is 4.84. The highest BCUT2D eigenvalue weighted by atomic mass is 35.5. The Kier molecular flexibility index (Phi) is 7.49. The normalized spacial score (nSPS) is 18.0. The highest BCUT2D eigenvalue weighted by Gasteiger charge is 2.46. The first-order valence-corrected chi connectivity index (χ1v) is 10.6. The second kappa shape index (κ2) is 9.92. The lowest BCUT2D eigenvalue weighted by Crippen LogP contribution is -2.32. The number of likely N-dealkylation sites (tertiary alicyclic amines) is 1. The Labute approximate surface area is 194 Å². The van der Waals surface area contributed by atoms with Crippen LogP contribution >= 0.6 is 34.8 Å². The average Bonchev–Trinajstić information content (AvgIpc) is 3.00. The maximum atomic E-state index is 12.9. The zero-order valence-corrected chi connectivity index (χ0v) is 19.1.